The topological polar surface area (TPSA) is 94.2 Å². The van der Waals surface area contributed by atoms with E-state index in [1.54, 1.807) is 20.8 Å². The molecule has 0 heterocycles. The smallest absolute Gasteiger partial charge is 0.411 e. The van der Waals surface area contributed by atoms with Crippen molar-refractivity contribution in [3.8, 4) is 0 Å². The van der Waals surface area contributed by atoms with E-state index in [0.717, 1.165) is 18.4 Å². The van der Waals surface area contributed by atoms with Gasteiger partial charge in [0.15, 0.2) is 0 Å². The van der Waals surface area contributed by atoms with E-state index < -0.39 is 29.7 Å². The van der Waals surface area contributed by atoms with Crippen LogP contribution in [0.2, 0.25) is 0 Å². The van der Waals surface area contributed by atoms with Crippen molar-refractivity contribution in [1.29, 1.82) is 0 Å². The Labute approximate surface area is 191 Å². The highest BCUT2D eigenvalue weighted by molar-refractivity contribution is 5.82. The first kappa shape index (κ1) is 27.4. The van der Waals surface area contributed by atoms with Crippen molar-refractivity contribution in [3.63, 3.8) is 0 Å². The Morgan fingerprint density at radius 2 is 1.66 bits per heavy atom. The van der Waals surface area contributed by atoms with Gasteiger partial charge in [0.1, 0.15) is 17.7 Å². The van der Waals surface area contributed by atoms with Gasteiger partial charge < -0.3 is 19.5 Å². The van der Waals surface area contributed by atoms with Crippen LogP contribution in [0.1, 0.15) is 52.5 Å². The van der Waals surface area contributed by atoms with E-state index in [-0.39, 0.29) is 25.5 Å². The lowest BCUT2D eigenvalue weighted by atomic mass is 10.0. The molecule has 0 radical (unpaired) electrons. The first-order chi connectivity index (χ1) is 15.1. The molecule has 2 atom stereocenters. The van der Waals surface area contributed by atoms with E-state index in [4.69, 9.17) is 14.2 Å². The fourth-order valence-corrected chi connectivity index (χ4v) is 3.20. The highest BCUT2D eigenvalue weighted by atomic mass is 16.6. The van der Waals surface area contributed by atoms with Gasteiger partial charge in [-0.05, 0) is 32.8 Å². The van der Waals surface area contributed by atoms with Crippen LogP contribution in [0.4, 0.5) is 4.79 Å². The van der Waals surface area contributed by atoms with E-state index in [9.17, 15) is 14.4 Å². The number of benzene rings is 1. The molecule has 1 aromatic rings. The number of rotatable bonds is 12. The third-order valence-corrected chi connectivity index (χ3v) is 4.82. The summed E-state index contributed by atoms with van der Waals surface area (Å²) >= 11 is 0. The lowest BCUT2D eigenvalue weighted by Crippen LogP contribution is -2.52. The van der Waals surface area contributed by atoms with Crippen LogP contribution in [0, 0.1) is 0 Å². The molecule has 1 N–H and O–H groups in total. The Bertz CT molecular complexity index is 717. The summed E-state index contributed by atoms with van der Waals surface area (Å²) in [5.41, 5.74) is 0.158. The minimum absolute atomic E-state index is 0.154. The van der Waals surface area contributed by atoms with E-state index in [1.165, 1.54) is 19.1 Å². The van der Waals surface area contributed by atoms with Gasteiger partial charge in [-0.25, -0.2) is 9.59 Å². The number of amides is 1. The van der Waals surface area contributed by atoms with Gasteiger partial charge in [0.05, 0.1) is 14.2 Å². The number of carbonyl (C=O) groups is 3. The average molecular weight is 451 g/mol. The van der Waals surface area contributed by atoms with Crippen molar-refractivity contribution in [2.24, 2.45) is 0 Å². The molecule has 32 heavy (non-hydrogen) atoms. The summed E-state index contributed by atoms with van der Waals surface area (Å²) < 4.78 is 15.4. The zero-order chi connectivity index (χ0) is 24.1. The fourth-order valence-electron chi connectivity index (χ4n) is 3.20. The standard InChI is InChI=1S/C24H38N2O6/c1-7-8-14-19(21(27)30-5)25-15-16-26(23(29)32-24(2,3)4)20(22(28)31-6)17-18-12-10-9-11-13-18/h9-13,19-20,25H,7-8,14-17H2,1-6H3/t19-,20+/m0/s1. The third-order valence-electron chi connectivity index (χ3n) is 4.82. The zero-order valence-corrected chi connectivity index (χ0v) is 20.2. The fraction of sp³-hybridized carbons (Fsp3) is 0.625. The number of esters is 2. The molecule has 0 fully saturated rings. The molecule has 8 heteroatoms. The van der Waals surface area contributed by atoms with E-state index in [0.29, 0.717) is 6.42 Å². The van der Waals surface area contributed by atoms with Gasteiger partial charge in [0, 0.05) is 19.5 Å². The lowest BCUT2D eigenvalue weighted by Gasteiger charge is -2.32. The van der Waals surface area contributed by atoms with E-state index in [1.807, 2.05) is 37.3 Å². The van der Waals surface area contributed by atoms with Crippen molar-refractivity contribution >= 4 is 18.0 Å². The third kappa shape index (κ3) is 9.68. The van der Waals surface area contributed by atoms with Crippen LogP contribution in [0.5, 0.6) is 0 Å². The Morgan fingerprint density at radius 1 is 1.03 bits per heavy atom. The van der Waals surface area contributed by atoms with Crippen molar-refractivity contribution < 1.29 is 28.6 Å². The Kier molecular flexibility index (Phi) is 11.8. The van der Waals surface area contributed by atoms with Crippen LogP contribution in [0.25, 0.3) is 0 Å². The first-order valence-corrected chi connectivity index (χ1v) is 11.1. The van der Waals surface area contributed by atoms with Gasteiger partial charge in [-0.3, -0.25) is 9.69 Å². The van der Waals surface area contributed by atoms with Crippen molar-refractivity contribution in [2.45, 2.75) is 71.1 Å². The second kappa shape index (κ2) is 13.7. The molecule has 0 unspecified atom stereocenters. The van der Waals surface area contributed by atoms with Gasteiger partial charge in [-0.2, -0.15) is 0 Å². The summed E-state index contributed by atoms with van der Waals surface area (Å²) in [6.07, 6.45) is 2.10. The van der Waals surface area contributed by atoms with Gasteiger partial charge in [-0.15, -0.1) is 0 Å². The minimum atomic E-state index is -0.869. The zero-order valence-electron chi connectivity index (χ0n) is 20.2. The Morgan fingerprint density at radius 3 is 2.19 bits per heavy atom. The van der Waals surface area contributed by atoms with Crippen LogP contribution >= 0.6 is 0 Å². The number of nitrogens with zero attached hydrogens (tertiary/aromatic N) is 1. The first-order valence-electron chi connectivity index (χ1n) is 11.1. The molecule has 0 aliphatic carbocycles. The minimum Gasteiger partial charge on any atom is -0.468 e. The van der Waals surface area contributed by atoms with Crippen LogP contribution < -0.4 is 5.32 Å². The monoisotopic (exact) mass is 450 g/mol. The molecule has 0 bridgehead atoms. The van der Waals surface area contributed by atoms with Crippen molar-refractivity contribution in [2.75, 3.05) is 27.3 Å². The number of hydrogen-bond donors (Lipinski definition) is 1. The average Bonchev–Trinajstić information content (AvgIpc) is 2.75. The normalized spacial score (nSPS) is 13.1. The molecule has 1 rings (SSSR count). The lowest BCUT2D eigenvalue weighted by molar-refractivity contribution is -0.147. The molecular weight excluding hydrogens is 412 g/mol. The Balaban J connectivity index is 3.06. The number of hydrogen-bond acceptors (Lipinski definition) is 7. The van der Waals surface area contributed by atoms with E-state index in [2.05, 4.69) is 5.32 Å². The molecule has 0 spiro atoms. The predicted octanol–water partition coefficient (Wildman–Crippen LogP) is 3.33. The van der Waals surface area contributed by atoms with Crippen LogP contribution in [0.3, 0.4) is 0 Å². The highest BCUT2D eigenvalue weighted by Crippen LogP contribution is 2.16. The van der Waals surface area contributed by atoms with Crippen LogP contribution in [0.15, 0.2) is 30.3 Å². The number of ether oxygens (including phenoxy) is 3. The maximum atomic E-state index is 13.0. The molecule has 0 saturated heterocycles. The summed E-state index contributed by atoms with van der Waals surface area (Å²) in [5.74, 6) is -0.883. The molecule has 0 aliphatic heterocycles. The van der Waals surface area contributed by atoms with Crippen molar-refractivity contribution in [1.82, 2.24) is 10.2 Å². The number of carbonyl (C=O) groups excluding carboxylic acids is 3. The summed E-state index contributed by atoms with van der Waals surface area (Å²) in [5, 5.41) is 3.15. The number of nitrogens with one attached hydrogen (secondary N) is 1. The molecule has 180 valence electrons. The van der Waals surface area contributed by atoms with Crippen molar-refractivity contribution in [3.05, 3.63) is 35.9 Å². The predicted molar refractivity (Wildman–Crippen MR) is 122 cm³/mol. The second-order valence-electron chi connectivity index (χ2n) is 8.57. The molecule has 0 aliphatic rings. The number of methoxy groups -OCH3 is 2. The number of unbranched alkanes of at least 4 members (excludes halogenated alkanes) is 1. The van der Waals surface area contributed by atoms with Gasteiger partial charge in [-0.1, -0.05) is 50.1 Å². The molecule has 0 aromatic heterocycles. The van der Waals surface area contributed by atoms with Gasteiger partial charge >= 0.3 is 18.0 Å². The van der Waals surface area contributed by atoms with Crippen LogP contribution in [-0.4, -0.2) is 67.9 Å². The second-order valence-corrected chi connectivity index (χ2v) is 8.57. The summed E-state index contributed by atoms with van der Waals surface area (Å²) in [4.78, 5) is 39.1. The SMILES string of the molecule is CCCC[C@H](NCCN(C(=O)OC(C)(C)C)[C@H](Cc1ccccc1)C(=O)OC)C(=O)OC. The molecule has 1 amide bonds. The van der Waals surface area contributed by atoms with Gasteiger partial charge in [0.25, 0.3) is 0 Å². The molecule has 8 nitrogen and oxygen atoms in total. The quantitative estimate of drug-likeness (QED) is 0.386. The molecule has 0 saturated carbocycles. The van der Waals surface area contributed by atoms with E-state index >= 15 is 0 Å². The maximum Gasteiger partial charge on any atom is 0.411 e. The highest BCUT2D eigenvalue weighted by Gasteiger charge is 2.34. The maximum absolute atomic E-state index is 13.0. The summed E-state index contributed by atoms with van der Waals surface area (Å²) in [6, 6.07) is 8.06. The summed E-state index contributed by atoms with van der Waals surface area (Å²) in [6.45, 7) is 7.78. The summed E-state index contributed by atoms with van der Waals surface area (Å²) in [7, 11) is 2.65. The van der Waals surface area contributed by atoms with Crippen LogP contribution in [-0.2, 0) is 30.2 Å². The molecule has 1 aromatic carbocycles. The molecular formula is C24H38N2O6. The van der Waals surface area contributed by atoms with Gasteiger partial charge in [0.2, 0.25) is 0 Å². The Hall–Kier alpha value is -2.61. The largest absolute Gasteiger partial charge is 0.468 e.